The van der Waals surface area contributed by atoms with E-state index in [1.54, 1.807) is 30.3 Å². The van der Waals surface area contributed by atoms with Gasteiger partial charge in [-0.25, -0.2) is 8.42 Å². The lowest BCUT2D eigenvalue weighted by Gasteiger charge is -2.18. The van der Waals surface area contributed by atoms with Crippen LogP contribution in [0.5, 0.6) is 0 Å². The van der Waals surface area contributed by atoms with Crippen molar-refractivity contribution in [1.29, 1.82) is 5.41 Å². The Bertz CT molecular complexity index is 1270. The van der Waals surface area contributed by atoms with E-state index >= 15 is 0 Å². The molecule has 7 heteroatoms. The molecule has 3 aromatic carbocycles. The minimum absolute atomic E-state index is 0.00784. The summed E-state index contributed by atoms with van der Waals surface area (Å²) in [6.07, 6.45) is 3.81. The second kappa shape index (κ2) is 11.1. The van der Waals surface area contributed by atoms with Gasteiger partial charge >= 0.3 is 0 Å². The van der Waals surface area contributed by atoms with Crippen LogP contribution in [0.15, 0.2) is 77.7 Å². The van der Waals surface area contributed by atoms with E-state index in [0.29, 0.717) is 17.7 Å². The molecular formula is C27H31N3O3S. The maximum atomic E-state index is 13.1. The molecule has 0 heterocycles. The molecule has 0 fully saturated rings. The normalized spacial score (nSPS) is 12.2. The van der Waals surface area contributed by atoms with Crippen LogP contribution in [0.1, 0.15) is 48.8 Å². The molecule has 0 aliphatic rings. The van der Waals surface area contributed by atoms with Crippen LogP contribution in [-0.4, -0.2) is 26.4 Å². The molecule has 1 unspecified atom stereocenters. The second-order valence-corrected chi connectivity index (χ2v) is 10.4. The van der Waals surface area contributed by atoms with Crippen LogP contribution < -0.4 is 11.1 Å². The summed E-state index contributed by atoms with van der Waals surface area (Å²) in [6, 6.07) is 21.8. The quantitative estimate of drug-likeness (QED) is 0.292. The Morgan fingerprint density at radius 3 is 2.38 bits per heavy atom. The summed E-state index contributed by atoms with van der Waals surface area (Å²) in [4.78, 5) is 13.4. The van der Waals surface area contributed by atoms with Gasteiger partial charge in [-0.3, -0.25) is 10.2 Å². The highest BCUT2D eigenvalue weighted by Crippen LogP contribution is 2.30. The molecule has 0 aliphatic carbocycles. The third kappa shape index (κ3) is 6.32. The number of nitrogen functional groups attached to an aromatic ring is 1. The van der Waals surface area contributed by atoms with E-state index in [1.807, 2.05) is 42.5 Å². The van der Waals surface area contributed by atoms with Crippen LogP contribution in [0.2, 0.25) is 0 Å². The predicted octanol–water partition coefficient (Wildman–Crippen LogP) is 4.63. The van der Waals surface area contributed by atoms with Crippen LogP contribution in [0.4, 0.5) is 0 Å². The van der Waals surface area contributed by atoms with E-state index < -0.39 is 9.84 Å². The fourth-order valence-electron chi connectivity index (χ4n) is 3.94. The Hall–Kier alpha value is -3.45. The summed E-state index contributed by atoms with van der Waals surface area (Å²) in [5.74, 6) is -0.382. The molecule has 0 aliphatic heterocycles. The van der Waals surface area contributed by atoms with E-state index in [4.69, 9.17) is 11.1 Å². The zero-order valence-corrected chi connectivity index (χ0v) is 20.4. The Morgan fingerprint density at radius 1 is 1.03 bits per heavy atom. The summed E-state index contributed by atoms with van der Waals surface area (Å²) in [6.45, 7) is 2.44. The van der Waals surface area contributed by atoms with Crippen molar-refractivity contribution in [1.82, 2.24) is 5.32 Å². The lowest BCUT2D eigenvalue weighted by molar-refractivity contribution is -0.122. The number of nitrogens with one attached hydrogen (secondary N) is 2. The molecule has 0 spiro atoms. The monoisotopic (exact) mass is 477 g/mol. The summed E-state index contributed by atoms with van der Waals surface area (Å²) in [5, 5.41) is 10.6. The first kappa shape index (κ1) is 25.2. The van der Waals surface area contributed by atoms with Crippen molar-refractivity contribution in [3.63, 3.8) is 0 Å². The molecule has 0 saturated heterocycles. The molecule has 0 bridgehead atoms. The zero-order valence-electron chi connectivity index (χ0n) is 19.5. The van der Waals surface area contributed by atoms with Gasteiger partial charge in [0, 0.05) is 23.9 Å². The van der Waals surface area contributed by atoms with Gasteiger partial charge in [-0.2, -0.15) is 0 Å². The summed E-state index contributed by atoms with van der Waals surface area (Å²) >= 11 is 0. The maximum absolute atomic E-state index is 13.1. The highest BCUT2D eigenvalue weighted by atomic mass is 32.2. The van der Waals surface area contributed by atoms with Gasteiger partial charge < -0.3 is 11.1 Å². The standard InChI is InChI=1S/C27H31N3O3S/c1-3-4-10-24(27(31)30-18-19-8-7-9-22(17-19)26(28)29)21-15-13-20(14-16-21)23-11-5-6-12-25(23)34(2,32)33/h5-9,11-17,24H,3-4,10,18H2,1-2H3,(H3,28,29)(H,30,31). The number of rotatable bonds is 10. The van der Waals surface area contributed by atoms with E-state index in [1.165, 1.54) is 6.26 Å². The highest BCUT2D eigenvalue weighted by Gasteiger charge is 2.21. The number of sulfone groups is 1. The van der Waals surface area contributed by atoms with Crippen LogP contribution in [-0.2, 0) is 21.2 Å². The van der Waals surface area contributed by atoms with Gasteiger partial charge in [-0.15, -0.1) is 0 Å². The smallest absolute Gasteiger partial charge is 0.227 e. The molecule has 3 rings (SSSR count). The van der Waals surface area contributed by atoms with Gasteiger partial charge in [0.2, 0.25) is 5.91 Å². The Morgan fingerprint density at radius 2 is 1.74 bits per heavy atom. The first-order valence-electron chi connectivity index (χ1n) is 11.3. The number of carbonyl (C=O) groups excluding carboxylic acids is 1. The van der Waals surface area contributed by atoms with Crippen molar-refractivity contribution in [2.24, 2.45) is 5.73 Å². The van der Waals surface area contributed by atoms with Crippen molar-refractivity contribution < 1.29 is 13.2 Å². The van der Waals surface area contributed by atoms with Crippen LogP contribution in [0.25, 0.3) is 11.1 Å². The summed E-state index contributed by atoms with van der Waals surface area (Å²) in [5.41, 5.74) is 9.40. The number of unbranched alkanes of at least 4 members (excludes halogenated alkanes) is 1. The molecule has 6 nitrogen and oxygen atoms in total. The Labute approximate surface area is 201 Å². The maximum Gasteiger partial charge on any atom is 0.227 e. The fraction of sp³-hybridized carbons (Fsp3) is 0.259. The summed E-state index contributed by atoms with van der Waals surface area (Å²) in [7, 11) is -3.36. The number of amidine groups is 1. The van der Waals surface area contributed by atoms with E-state index in [-0.39, 0.29) is 22.6 Å². The van der Waals surface area contributed by atoms with Crippen molar-refractivity contribution in [2.75, 3.05) is 6.26 Å². The van der Waals surface area contributed by atoms with Gasteiger partial charge in [0.15, 0.2) is 9.84 Å². The molecule has 1 amide bonds. The average molecular weight is 478 g/mol. The van der Waals surface area contributed by atoms with E-state index in [0.717, 1.165) is 36.0 Å². The molecule has 0 radical (unpaired) electrons. The van der Waals surface area contributed by atoms with Crippen LogP contribution in [0, 0.1) is 5.41 Å². The molecule has 34 heavy (non-hydrogen) atoms. The average Bonchev–Trinajstić information content (AvgIpc) is 2.83. The molecule has 0 aromatic heterocycles. The number of benzene rings is 3. The molecule has 0 saturated carbocycles. The highest BCUT2D eigenvalue weighted by molar-refractivity contribution is 7.90. The van der Waals surface area contributed by atoms with Crippen LogP contribution in [0.3, 0.4) is 0 Å². The first-order valence-corrected chi connectivity index (χ1v) is 13.2. The van der Waals surface area contributed by atoms with Crippen molar-refractivity contribution in [3.8, 4) is 11.1 Å². The van der Waals surface area contributed by atoms with Gasteiger partial charge in [-0.05, 0) is 35.2 Å². The van der Waals surface area contributed by atoms with Gasteiger partial charge in [0.25, 0.3) is 0 Å². The number of hydrogen-bond donors (Lipinski definition) is 3. The van der Waals surface area contributed by atoms with Crippen molar-refractivity contribution >= 4 is 21.6 Å². The molecular weight excluding hydrogens is 446 g/mol. The minimum atomic E-state index is -3.36. The topological polar surface area (TPSA) is 113 Å². The molecule has 4 N–H and O–H groups in total. The predicted molar refractivity (Wildman–Crippen MR) is 137 cm³/mol. The van der Waals surface area contributed by atoms with Gasteiger partial charge in [-0.1, -0.05) is 80.4 Å². The molecule has 1 atom stereocenters. The third-order valence-corrected chi connectivity index (χ3v) is 6.93. The number of carbonyl (C=O) groups is 1. The Kier molecular flexibility index (Phi) is 8.23. The number of amides is 1. The third-order valence-electron chi connectivity index (χ3n) is 5.78. The van der Waals surface area contributed by atoms with Crippen molar-refractivity contribution in [2.45, 2.75) is 43.5 Å². The molecule has 178 valence electrons. The largest absolute Gasteiger partial charge is 0.384 e. The zero-order chi connectivity index (χ0) is 24.7. The molecule has 3 aromatic rings. The lowest BCUT2D eigenvalue weighted by Crippen LogP contribution is -2.29. The Balaban J connectivity index is 1.81. The summed E-state index contributed by atoms with van der Waals surface area (Å²) < 4.78 is 24.4. The SMILES string of the molecule is CCCCC(C(=O)NCc1cccc(C(=N)N)c1)c1ccc(-c2ccccc2S(C)(=O)=O)cc1. The first-order chi connectivity index (χ1) is 16.2. The van der Waals surface area contributed by atoms with Crippen molar-refractivity contribution in [3.05, 3.63) is 89.5 Å². The van der Waals surface area contributed by atoms with E-state index in [9.17, 15) is 13.2 Å². The van der Waals surface area contributed by atoms with Crippen LogP contribution >= 0.6 is 0 Å². The second-order valence-electron chi connectivity index (χ2n) is 8.42. The minimum Gasteiger partial charge on any atom is -0.384 e. The fourth-order valence-corrected chi connectivity index (χ4v) is 4.85. The lowest BCUT2D eigenvalue weighted by atomic mass is 9.91. The number of nitrogens with two attached hydrogens (primary N) is 1. The van der Waals surface area contributed by atoms with Gasteiger partial charge in [0.1, 0.15) is 5.84 Å². The number of hydrogen-bond acceptors (Lipinski definition) is 4. The van der Waals surface area contributed by atoms with Gasteiger partial charge in [0.05, 0.1) is 10.8 Å². The van der Waals surface area contributed by atoms with E-state index in [2.05, 4.69) is 12.2 Å².